The molecule has 0 saturated heterocycles. The molecule has 0 spiro atoms. The maximum absolute atomic E-state index is 12.7. The fraction of sp³-hybridized carbons (Fsp3) is 0.235. The zero-order valence-electron chi connectivity index (χ0n) is 13.2. The van der Waals surface area contributed by atoms with E-state index in [0.29, 0.717) is 11.4 Å². The van der Waals surface area contributed by atoms with Crippen LogP contribution >= 0.6 is 0 Å². The zero-order valence-corrected chi connectivity index (χ0v) is 14.0. The van der Waals surface area contributed by atoms with Gasteiger partial charge in [0.25, 0.3) is 0 Å². The molecule has 1 N–H and O–H groups in total. The molecule has 0 atom stereocenters. The van der Waals surface area contributed by atoms with Crippen LogP contribution in [0.3, 0.4) is 0 Å². The molecule has 0 aliphatic rings. The molecule has 7 heteroatoms. The molecule has 0 aromatic heterocycles. The summed E-state index contributed by atoms with van der Waals surface area (Å²) in [5.74, 6) is -0.102. The van der Waals surface area contributed by atoms with Gasteiger partial charge in [-0.15, -0.1) is 0 Å². The second kappa shape index (κ2) is 7.92. The van der Waals surface area contributed by atoms with Crippen molar-refractivity contribution in [2.24, 2.45) is 0 Å². The van der Waals surface area contributed by atoms with Gasteiger partial charge in [-0.3, -0.25) is 4.79 Å². The van der Waals surface area contributed by atoms with Gasteiger partial charge in [-0.05, 0) is 48.5 Å². The third-order valence-electron chi connectivity index (χ3n) is 3.29. The molecule has 0 saturated carbocycles. The van der Waals surface area contributed by atoms with Crippen LogP contribution < -0.4 is 10.1 Å². The molecule has 0 bridgehead atoms. The predicted molar refractivity (Wildman–Crippen MR) is 89.3 cm³/mol. The van der Waals surface area contributed by atoms with Gasteiger partial charge in [-0.1, -0.05) is 6.92 Å². The number of hydrogen-bond acceptors (Lipinski definition) is 4. The molecule has 2 rings (SSSR count). The average Bonchev–Trinajstić information content (AvgIpc) is 2.57. The summed E-state index contributed by atoms with van der Waals surface area (Å²) in [5, 5.41) is 2.66. The zero-order chi connectivity index (χ0) is 17.6. The first-order chi connectivity index (χ1) is 11.4. The first-order valence-corrected chi connectivity index (χ1v) is 9.07. The van der Waals surface area contributed by atoms with Crippen molar-refractivity contribution < 1.29 is 22.3 Å². The van der Waals surface area contributed by atoms with Gasteiger partial charge in [0.1, 0.15) is 11.6 Å². The largest absolute Gasteiger partial charge is 0.493 e. The normalized spacial score (nSPS) is 11.1. The monoisotopic (exact) mass is 351 g/mol. The molecular weight excluding hydrogens is 333 g/mol. The van der Waals surface area contributed by atoms with Crippen molar-refractivity contribution in [1.29, 1.82) is 0 Å². The molecule has 0 radical (unpaired) electrons. The second-order valence-electron chi connectivity index (χ2n) is 5.03. The van der Waals surface area contributed by atoms with Gasteiger partial charge in [0.15, 0.2) is 9.84 Å². The van der Waals surface area contributed by atoms with Crippen LogP contribution in [-0.4, -0.2) is 26.7 Å². The fourth-order valence-electron chi connectivity index (χ4n) is 1.93. The Morgan fingerprint density at radius 2 is 1.71 bits per heavy atom. The quantitative estimate of drug-likeness (QED) is 0.832. The number of sulfone groups is 1. The minimum absolute atomic E-state index is 0.0272. The van der Waals surface area contributed by atoms with E-state index < -0.39 is 9.84 Å². The summed E-state index contributed by atoms with van der Waals surface area (Å²) in [4.78, 5) is 12.1. The van der Waals surface area contributed by atoms with Crippen LogP contribution in [0.2, 0.25) is 0 Å². The highest BCUT2D eigenvalue weighted by molar-refractivity contribution is 7.91. The lowest BCUT2D eigenvalue weighted by atomic mass is 10.3. The Morgan fingerprint density at radius 3 is 2.29 bits per heavy atom. The molecule has 2 aromatic rings. The smallest absolute Gasteiger partial charge is 0.227 e. The summed E-state index contributed by atoms with van der Waals surface area (Å²) in [6.07, 6.45) is 0.117. The number of rotatable bonds is 7. The lowest BCUT2D eigenvalue weighted by Gasteiger charge is -2.08. The summed E-state index contributed by atoms with van der Waals surface area (Å²) >= 11 is 0. The van der Waals surface area contributed by atoms with Gasteiger partial charge in [-0.25, -0.2) is 12.8 Å². The predicted octanol–water partition coefficient (Wildman–Crippen LogP) is 3.03. The van der Waals surface area contributed by atoms with Gasteiger partial charge < -0.3 is 10.1 Å². The highest BCUT2D eigenvalue weighted by atomic mass is 32.2. The number of nitrogens with one attached hydrogen (secondary N) is 1. The van der Waals surface area contributed by atoms with Crippen LogP contribution in [0, 0.1) is 5.82 Å². The van der Waals surface area contributed by atoms with E-state index >= 15 is 0 Å². The van der Waals surface area contributed by atoms with Crippen LogP contribution in [-0.2, 0) is 14.6 Å². The summed E-state index contributed by atoms with van der Waals surface area (Å²) in [6.45, 7) is 1.73. The molecule has 0 aliphatic heterocycles. The van der Waals surface area contributed by atoms with Crippen molar-refractivity contribution in [3.05, 3.63) is 54.3 Å². The third kappa shape index (κ3) is 5.06. The lowest BCUT2D eigenvalue weighted by molar-refractivity contribution is -0.116. The Morgan fingerprint density at radius 1 is 1.08 bits per heavy atom. The number of ether oxygens (including phenoxy) is 1. The van der Waals surface area contributed by atoms with Crippen LogP contribution in [0.4, 0.5) is 10.1 Å². The third-order valence-corrected chi connectivity index (χ3v) is 5.04. The Labute approximate surface area is 140 Å². The van der Waals surface area contributed by atoms with E-state index in [0.717, 1.165) is 0 Å². The van der Waals surface area contributed by atoms with Gasteiger partial charge in [-0.2, -0.15) is 0 Å². The van der Waals surface area contributed by atoms with Crippen molar-refractivity contribution >= 4 is 21.4 Å². The molecule has 5 nitrogen and oxygen atoms in total. The van der Waals surface area contributed by atoms with Gasteiger partial charge in [0.05, 0.1) is 23.7 Å². The first-order valence-electron chi connectivity index (χ1n) is 7.42. The molecule has 0 unspecified atom stereocenters. The van der Waals surface area contributed by atoms with Crippen molar-refractivity contribution in [2.45, 2.75) is 18.2 Å². The van der Waals surface area contributed by atoms with Crippen LogP contribution in [0.1, 0.15) is 13.3 Å². The topological polar surface area (TPSA) is 72.5 Å². The minimum atomic E-state index is -3.25. The maximum Gasteiger partial charge on any atom is 0.227 e. The number of carbonyl (C=O) groups is 1. The molecule has 0 heterocycles. The summed E-state index contributed by atoms with van der Waals surface area (Å²) in [5.41, 5.74) is 0.511. The summed E-state index contributed by atoms with van der Waals surface area (Å²) in [6, 6.07) is 11.5. The minimum Gasteiger partial charge on any atom is -0.493 e. The lowest BCUT2D eigenvalue weighted by Crippen LogP contribution is -2.15. The van der Waals surface area contributed by atoms with Crippen LogP contribution in [0.5, 0.6) is 5.75 Å². The Hall–Kier alpha value is -2.41. The van der Waals surface area contributed by atoms with E-state index in [9.17, 15) is 17.6 Å². The Balaban J connectivity index is 1.83. The number of benzene rings is 2. The molecular formula is C17H18FNO4S. The second-order valence-corrected chi connectivity index (χ2v) is 7.31. The molecule has 0 aliphatic carbocycles. The van der Waals surface area contributed by atoms with Gasteiger partial charge >= 0.3 is 0 Å². The number of carbonyl (C=O) groups excluding carboxylic acids is 1. The van der Waals surface area contributed by atoms with Crippen LogP contribution in [0.25, 0.3) is 0 Å². The van der Waals surface area contributed by atoms with Crippen molar-refractivity contribution in [3.63, 3.8) is 0 Å². The maximum atomic E-state index is 12.7. The summed E-state index contributed by atoms with van der Waals surface area (Å²) in [7, 11) is -3.25. The molecule has 0 fully saturated rings. The Bertz CT molecular complexity index is 786. The molecule has 1 amide bonds. The molecule has 2 aromatic carbocycles. The van der Waals surface area contributed by atoms with E-state index in [-0.39, 0.29) is 35.4 Å². The fourth-order valence-corrected chi connectivity index (χ4v) is 2.81. The average molecular weight is 351 g/mol. The van der Waals surface area contributed by atoms with E-state index in [4.69, 9.17) is 4.74 Å². The SMILES string of the molecule is CCS(=O)(=O)c1ccc(NC(=O)CCOc2ccc(F)cc2)cc1. The van der Waals surface area contributed by atoms with Crippen molar-refractivity contribution in [2.75, 3.05) is 17.7 Å². The van der Waals surface area contributed by atoms with E-state index in [2.05, 4.69) is 5.32 Å². The van der Waals surface area contributed by atoms with E-state index in [1.54, 1.807) is 19.1 Å². The highest BCUT2D eigenvalue weighted by Gasteiger charge is 2.11. The van der Waals surface area contributed by atoms with E-state index in [1.165, 1.54) is 36.4 Å². The summed E-state index contributed by atoms with van der Waals surface area (Å²) < 4.78 is 41.5. The number of amides is 1. The highest BCUT2D eigenvalue weighted by Crippen LogP contribution is 2.16. The number of halogens is 1. The Kier molecular flexibility index (Phi) is 5.92. The van der Waals surface area contributed by atoms with Gasteiger partial charge in [0.2, 0.25) is 5.91 Å². The molecule has 24 heavy (non-hydrogen) atoms. The van der Waals surface area contributed by atoms with Crippen LogP contribution in [0.15, 0.2) is 53.4 Å². The molecule has 128 valence electrons. The first kappa shape index (κ1) is 17.9. The van der Waals surface area contributed by atoms with Crippen molar-refractivity contribution in [1.82, 2.24) is 0 Å². The van der Waals surface area contributed by atoms with Gasteiger partial charge in [0, 0.05) is 5.69 Å². The van der Waals surface area contributed by atoms with E-state index in [1.807, 2.05) is 0 Å². The van der Waals surface area contributed by atoms with Crippen molar-refractivity contribution in [3.8, 4) is 5.75 Å². The number of anilines is 1. The number of hydrogen-bond donors (Lipinski definition) is 1. The standard InChI is InChI=1S/C17H18FNO4S/c1-2-24(21,22)16-9-5-14(6-10-16)19-17(20)11-12-23-15-7-3-13(18)4-8-15/h3-10H,2,11-12H2,1H3,(H,19,20).